The van der Waals surface area contributed by atoms with E-state index in [1.54, 1.807) is 0 Å². The SMILES string of the molecule is Cc1cccc2c1nc(N)n2CCCCOC(C)C. The topological polar surface area (TPSA) is 53.1 Å². The van der Waals surface area contributed by atoms with Gasteiger partial charge in [0.05, 0.1) is 17.1 Å². The summed E-state index contributed by atoms with van der Waals surface area (Å²) < 4.78 is 7.64. The third-order valence-corrected chi connectivity index (χ3v) is 3.24. The third kappa shape index (κ3) is 3.26. The summed E-state index contributed by atoms with van der Waals surface area (Å²) in [6.45, 7) is 7.89. The molecule has 4 nitrogen and oxygen atoms in total. The van der Waals surface area contributed by atoms with Crippen LogP contribution in [-0.4, -0.2) is 22.3 Å². The highest BCUT2D eigenvalue weighted by Gasteiger charge is 2.09. The molecule has 2 aromatic rings. The monoisotopic (exact) mass is 261 g/mol. The Morgan fingerprint density at radius 2 is 2.11 bits per heavy atom. The van der Waals surface area contributed by atoms with E-state index >= 15 is 0 Å². The first kappa shape index (κ1) is 13.9. The molecule has 0 saturated carbocycles. The number of aromatic nitrogens is 2. The molecule has 4 heteroatoms. The molecule has 0 saturated heterocycles. The maximum absolute atomic E-state index is 6.01. The zero-order chi connectivity index (χ0) is 13.8. The summed E-state index contributed by atoms with van der Waals surface area (Å²) >= 11 is 0. The molecule has 0 amide bonds. The molecule has 2 N–H and O–H groups in total. The second kappa shape index (κ2) is 6.06. The van der Waals surface area contributed by atoms with Crippen molar-refractivity contribution in [3.63, 3.8) is 0 Å². The van der Waals surface area contributed by atoms with Gasteiger partial charge in [0, 0.05) is 13.2 Å². The van der Waals surface area contributed by atoms with Gasteiger partial charge in [-0.15, -0.1) is 0 Å². The first-order valence-electron chi connectivity index (χ1n) is 6.92. The predicted octanol–water partition coefficient (Wildman–Crippen LogP) is 3.13. The summed E-state index contributed by atoms with van der Waals surface area (Å²) in [5, 5.41) is 0. The van der Waals surface area contributed by atoms with E-state index in [-0.39, 0.29) is 0 Å². The molecule has 0 atom stereocenters. The minimum Gasteiger partial charge on any atom is -0.379 e. The molecule has 2 rings (SSSR count). The van der Waals surface area contributed by atoms with Crippen molar-refractivity contribution in [3.8, 4) is 0 Å². The van der Waals surface area contributed by atoms with Crippen molar-refractivity contribution in [2.75, 3.05) is 12.3 Å². The van der Waals surface area contributed by atoms with E-state index in [2.05, 4.69) is 48.5 Å². The van der Waals surface area contributed by atoms with E-state index in [0.29, 0.717) is 12.1 Å². The lowest BCUT2D eigenvalue weighted by Crippen LogP contribution is -2.07. The molecular weight excluding hydrogens is 238 g/mol. The number of ether oxygens (including phenoxy) is 1. The van der Waals surface area contributed by atoms with Crippen molar-refractivity contribution in [2.45, 2.75) is 46.3 Å². The molecule has 0 bridgehead atoms. The van der Waals surface area contributed by atoms with Gasteiger partial charge in [-0.25, -0.2) is 4.98 Å². The van der Waals surface area contributed by atoms with Gasteiger partial charge in [-0.3, -0.25) is 0 Å². The number of nitrogens with zero attached hydrogens (tertiary/aromatic N) is 2. The summed E-state index contributed by atoms with van der Waals surface area (Å²) in [6, 6.07) is 6.20. The summed E-state index contributed by atoms with van der Waals surface area (Å²) in [6.07, 6.45) is 2.40. The van der Waals surface area contributed by atoms with E-state index < -0.39 is 0 Å². The van der Waals surface area contributed by atoms with Gasteiger partial charge in [0.15, 0.2) is 0 Å². The lowest BCUT2D eigenvalue weighted by Gasteiger charge is -2.09. The molecule has 104 valence electrons. The van der Waals surface area contributed by atoms with Crippen LogP contribution in [0.1, 0.15) is 32.3 Å². The van der Waals surface area contributed by atoms with Crippen LogP contribution in [0.4, 0.5) is 5.95 Å². The Morgan fingerprint density at radius 1 is 1.32 bits per heavy atom. The Morgan fingerprint density at radius 3 is 2.84 bits per heavy atom. The number of para-hydroxylation sites is 1. The highest BCUT2D eigenvalue weighted by atomic mass is 16.5. The van der Waals surface area contributed by atoms with Crippen LogP contribution in [0.2, 0.25) is 0 Å². The quantitative estimate of drug-likeness (QED) is 0.813. The lowest BCUT2D eigenvalue weighted by molar-refractivity contribution is 0.0755. The highest BCUT2D eigenvalue weighted by Crippen LogP contribution is 2.21. The van der Waals surface area contributed by atoms with Crippen molar-refractivity contribution in [2.24, 2.45) is 0 Å². The molecule has 1 heterocycles. The minimum atomic E-state index is 0.307. The normalized spacial score (nSPS) is 11.6. The standard InChI is InChI=1S/C15H23N3O/c1-11(2)19-10-5-4-9-18-13-8-6-7-12(3)14(13)17-15(18)16/h6-8,11H,4-5,9-10H2,1-3H3,(H2,16,17). The Balaban J connectivity index is 2.01. The zero-order valence-corrected chi connectivity index (χ0v) is 12.0. The van der Waals surface area contributed by atoms with Gasteiger partial charge in [0.1, 0.15) is 0 Å². The molecule has 0 radical (unpaired) electrons. The fourth-order valence-corrected chi connectivity index (χ4v) is 2.23. The Kier molecular flexibility index (Phi) is 4.43. The molecule has 0 unspecified atom stereocenters. The molecule has 0 fully saturated rings. The summed E-state index contributed by atoms with van der Waals surface area (Å²) in [4.78, 5) is 4.45. The van der Waals surface area contributed by atoms with Gasteiger partial charge in [-0.05, 0) is 45.2 Å². The van der Waals surface area contributed by atoms with E-state index in [1.165, 1.54) is 5.56 Å². The fraction of sp³-hybridized carbons (Fsp3) is 0.533. The smallest absolute Gasteiger partial charge is 0.201 e. The second-order valence-corrected chi connectivity index (χ2v) is 5.19. The van der Waals surface area contributed by atoms with Crippen LogP contribution in [0, 0.1) is 6.92 Å². The van der Waals surface area contributed by atoms with Gasteiger partial charge < -0.3 is 15.0 Å². The number of rotatable bonds is 6. The molecule has 0 aliphatic heterocycles. The van der Waals surface area contributed by atoms with Gasteiger partial charge in [0.25, 0.3) is 0 Å². The Bertz CT molecular complexity index is 546. The second-order valence-electron chi connectivity index (χ2n) is 5.19. The van der Waals surface area contributed by atoms with Crippen LogP contribution >= 0.6 is 0 Å². The average molecular weight is 261 g/mol. The van der Waals surface area contributed by atoms with E-state index in [4.69, 9.17) is 10.5 Å². The predicted molar refractivity (Wildman–Crippen MR) is 79.2 cm³/mol. The lowest BCUT2D eigenvalue weighted by atomic mass is 10.2. The van der Waals surface area contributed by atoms with E-state index in [0.717, 1.165) is 37.0 Å². The van der Waals surface area contributed by atoms with Crippen LogP contribution in [0.3, 0.4) is 0 Å². The zero-order valence-electron chi connectivity index (χ0n) is 12.0. The molecule has 1 aromatic carbocycles. The van der Waals surface area contributed by atoms with Crippen molar-refractivity contribution < 1.29 is 4.74 Å². The van der Waals surface area contributed by atoms with E-state index in [1.807, 2.05) is 0 Å². The van der Waals surface area contributed by atoms with Crippen molar-refractivity contribution in [1.29, 1.82) is 0 Å². The number of aryl methyl sites for hydroxylation is 2. The van der Waals surface area contributed by atoms with Crippen LogP contribution in [0.15, 0.2) is 18.2 Å². The van der Waals surface area contributed by atoms with Crippen LogP contribution in [-0.2, 0) is 11.3 Å². The number of hydrogen-bond acceptors (Lipinski definition) is 3. The van der Waals surface area contributed by atoms with Crippen molar-refractivity contribution >= 4 is 17.0 Å². The number of imidazole rings is 1. The maximum atomic E-state index is 6.01. The minimum absolute atomic E-state index is 0.307. The van der Waals surface area contributed by atoms with Crippen molar-refractivity contribution in [3.05, 3.63) is 23.8 Å². The third-order valence-electron chi connectivity index (χ3n) is 3.24. The number of benzene rings is 1. The van der Waals surface area contributed by atoms with Crippen LogP contribution < -0.4 is 5.73 Å². The number of unbranched alkanes of at least 4 members (excludes halogenated alkanes) is 1. The van der Waals surface area contributed by atoms with Gasteiger partial charge >= 0.3 is 0 Å². The number of fused-ring (bicyclic) bond motifs is 1. The Hall–Kier alpha value is -1.55. The molecule has 0 spiro atoms. The summed E-state index contributed by atoms with van der Waals surface area (Å²) in [5.41, 5.74) is 9.32. The number of nitrogens with two attached hydrogens (primary N) is 1. The van der Waals surface area contributed by atoms with Gasteiger partial charge in [-0.2, -0.15) is 0 Å². The van der Waals surface area contributed by atoms with Crippen LogP contribution in [0.5, 0.6) is 0 Å². The first-order chi connectivity index (χ1) is 9.09. The van der Waals surface area contributed by atoms with Crippen LogP contribution in [0.25, 0.3) is 11.0 Å². The molecule has 0 aliphatic carbocycles. The van der Waals surface area contributed by atoms with E-state index in [9.17, 15) is 0 Å². The Labute approximate surface area is 114 Å². The number of anilines is 1. The van der Waals surface area contributed by atoms with Crippen molar-refractivity contribution in [1.82, 2.24) is 9.55 Å². The fourth-order valence-electron chi connectivity index (χ4n) is 2.23. The molecular formula is C15H23N3O. The molecule has 19 heavy (non-hydrogen) atoms. The summed E-state index contributed by atoms with van der Waals surface area (Å²) in [5.74, 6) is 0.606. The molecule has 1 aromatic heterocycles. The number of hydrogen-bond donors (Lipinski definition) is 1. The highest BCUT2D eigenvalue weighted by molar-refractivity contribution is 5.81. The maximum Gasteiger partial charge on any atom is 0.201 e. The largest absolute Gasteiger partial charge is 0.379 e. The van der Waals surface area contributed by atoms with Gasteiger partial charge in [0.2, 0.25) is 5.95 Å². The number of nitrogen functional groups attached to an aromatic ring is 1. The first-order valence-corrected chi connectivity index (χ1v) is 6.92. The average Bonchev–Trinajstić information content (AvgIpc) is 2.67. The summed E-state index contributed by atoms with van der Waals surface area (Å²) in [7, 11) is 0. The molecule has 0 aliphatic rings. The van der Waals surface area contributed by atoms with Gasteiger partial charge in [-0.1, -0.05) is 12.1 Å².